The van der Waals surface area contributed by atoms with E-state index in [0.717, 1.165) is 5.69 Å². The molecule has 132 valence electrons. The number of anilines is 1. The number of benzene rings is 2. The zero-order chi connectivity index (χ0) is 18.0. The predicted octanol–water partition coefficient (Wildman–Crippen LogP) is 2.76. The van der Waals surface area contributed by atoms with Gasteiger partial charge < -0.3 is 4.90 Å². The summed E-state index contributed by atoms with van der Waals surface area (Å²) < 4.78 is 26.8. The Morgan fingerprint density at radius 2 is 1.64 bits per heavy atom. The molecule has 1 heterocycles. The minimum absolute atomic E-state index is 0.0642. The number of rotatable bonds is 4. The lowest BCUT2D eigenvalue weighted by atomic mass is 10.2. The maximum absolute atomic E-state index is 12.7. The Morgan fingerprint density at radius 3 is 2.20 bits per heavy atom. The number of nitro groups is 1. The Morgan fingerprint density at radius 1 is 1.00 bits per heavy atom. The van der Waals surface area contributed by atoms with Gasteiger partial charge in [-0.2, -0.15) is 4.31 Å². The predicted molar refractivity (Wildman–Crippen MR) is 95.5 cm³/mol. The minimum Gasteiger partial charge on any atom is -0.369 e. The van der Waals surface area contributed by atoms with E-state index >= 15 is 0 Å². The fraction of sp³-hybridized carbons (Fsp3) is 0.250. The van der Waals surface area contributed by atoms with Crippen molar-refractivity contribution < 1.29 is 13.3 Å². The summed E-state index contributed by atoms with van der Waals surface area (Å²) in [5, 5.41) is 11.3. The molecule has 9 heteroatoms. The summed E-state index contributed by atoms with van der Waals surface area (Å²) in [5.74, 6) is 0. The second-order valence-corrected chi connectivity index (χ2v) is 8.00. The molecule has 0 saturated carbocycles. The van der Waals surface area contributed by atoms with Crippen LogP contribution in [0.4, 0.5) is 11.4 Å². The van der Waals surface area contributed by atoms with Crippen LogP contribution in [0.15, 0.2) is 53.4 Å². The van der Waals surface area contributed by atoms with E-state index in [1.165, 1.54) is 28.6 Å². The summed E-state index contributed by atoms with van der Waals surface area (Å²) in [5.41, 5.74) is 0.824. The lowest BCUT2D eigenvalue weighted by molar-refractivity contribution is -0.384. The number of hydrogen-bond donors (Lipinski definition) is 0. The van der Waals surface area contributed by atoms with Crippen molar-refractivity contribution in [2.75, 3.05) is 31.1 Å². The maximum atomic E-state index is 12.7. The number of nitro benzene ring substituents is 1. The fourth-order valence-corrected chi connectivity index (χ4v) is 4.36. The standard InChI is InChI=1S/C16H16ClN3O4S/c17-13-2-1-3-15(12-13)18-8-10-19(11-9-18)25(23,24)16-6-4-14(5-7-16)20(21)22/h1-7,12H,8-11H2. The Kier molecular flexibility index (Phi) is 4.94. The van der Waals surface area contributed by atoms with Gasteiger partial charge in [-0.25, -0.2) is 8.42 Å². The van der Waals surface area contributed by atoms with Gasteiger partial charge >= 0.3 is 0 Å². The summed E-state index contributed by atoms with van der Waals surface area (Å²) >= 11 is 6.00. The zero-order valence-corrected chi connectivity index (χ0v) is 14.8. The van der Waals surface area contributed by atoms with Crippen molar-refractivity contribution >= 4 is 33.0 Å². The lowest BCUT2D eigenvalue weighted by Crippen LogP contribution is -2.48. The summed E-state index contributed by atoms with van der Waals surface area (Å²) in [7, 11) is -3.66. The molecular formula is C16H16ClN3O4S. The van der Waals surface area contributed by atoms with Crippen LogP contribution in [0.2, 0.25) is 5.02 Å². The molecule has 0 amide bonds. The Balaban J connectivity index is 1.72. The van der Waals surface area contributed by atoms with Crippen LogP contribution < -0.4 is 4.90 Å². The first kappa shape index (κ1) is 17.7. The molecule has 0 N–H and O–H groups in total. The first-order valence-corrected chi connectivity index (χ1v) is 9.45. The molecule has 1 saturated heterocycles. The van der Waals surface area contributed by atoms with Crippen molar-refractivity contribution in [3.8, 4) is 0 Å². The van der Waals surface area contributed by atoms with E-state index in [2.05, 4.69) is 4.90 Å². The second-order valence-electron chi connectivity index (χ2n) is 5.62. The largest absolute Gasteiger partial charge is 0.369 e. The summed E-state index contributed by atoms with van der Waals surface area (Å²) in [6, 6.07) is 12.4. The summed E-state index contributed by atoms with van der Waals surface area (Å²) in [6.07, 6.45) is 0. The van der Waals surface area contributed by atoms with Gasteiger partial charge in [-0.05, 0) is 30.3 Å². The van der Waals surface area contributed by atoms with E-state index in [0.29, 0.717) is 31.2 Å². The Bertz CT molecular complexity index is 879. The van der Waals surface area contributed by atoms with Crippen molar-refractivity contribution in [3.63, 3.8) is 0 Å². The Labute approximate surface area is 150 Å². The van der Waals surface area contributed by atoms with Gasteiger partial charge in [0, 0.05) is 49.0 Å². The molecule has 25 heavy (non-hydrogen) atoms. The average molecular weight is 382 g/mol. The topological polar surface area (TPSA) is 83.8 Å². The van der Waals surface area contributed by atoms with Crippen LogP contribution in [-0.2, 0) is 10.0 Å². The van der Waals surface area contributed by atoms with Crippen LogP contribution in [0.5, 0.6) is 0 Å². The molecular weight excluding hydrogens is 366 g/mol. The molecule has 3 rings (SSSR count). The molecule has 1 aliphatic rings. The number of sulfonamides is 1. The van der Waals surface area contributed by atoms with Gasteiger partial charge in [-0.15, -0.1) is 0 Å². The van der Waals surface area contributed by atoms with E-state index < -0.39 is 14.9 Å². The van der Waals surface area contributed by atoms with Crippen molar-refractivity contribution in [2.45, 2.75) is 4.90 Å². The monoisotopic (exact) mass is 381 g/mol. The third-order valence-corrected chi connectivity index (χ3v) is 6.25. The minimum atomic E-state index is -3.66. The van der Waals surface area contributed by atoms with Crippen LogP contribution in [0, 0.1) is 10.1 Å². The molecule has 2 aromatic rings. The van der Waals surface area contributed by atoms with Crippen LogP contribution >= 0.6 is 11.6 Å². The van der Waals surface area contributed by atoms with Gasteiger partial charge in [-0.3, -0.25) is 10.1 Å². The van der Waals surface area contributed by atoms with Crippen LogP contribution in [-0.4, -0.2) is 43.8 Å². The smallest absolute Gasteiger partial charge is 0.269 e. The molecule has 0 aromatic heterocycles. The Hall–Kier alpha value is -2.16. The highest BCUT2D eigenvalue weighted by Crippen LogP contribution is 2.24. The molecule has 1 fully saturated rings. The van der Waals surface area contributed by atoms with E-state index in [1.54, 1.807) is 6.07 Å². The van der Waals surface area contributed by atoms with Crippen molar-refractivity contribution in [3.05, 3.63) is 63.7 Å². The molecule has 0 bridgehead atoms. The van der Waals surface area contributed by atoms with Gasteiger partial charge in [0.15, 0.2) is 0 Å². The van der Waals surface area contributed by atoms with Gasteiger partial charge in [-0.1, -0.05) is 17.7 Å². The molecule has 1 aliphatic heterocycles. The highest BCUT2D eigenvalue weighted by atomic mass is 35.5. The quantitative estimate of drug-likeness (QED) is 0.600. The van der Waals surface area contributed by atoms with Crippen LogP contribution in [0.25, 0.3) is 0 Å². The third-order valence-electron chi connectivity index (χ3n) is 4.10. The molecule has 0 aliphatic carbocycles. The number of hydrogen-bond acceptors (Lipinski definition) is 5. The number of halogens is 1. The zero-order valence-electron chi connectivity index (χ0n) is 13.2. The summed E-state index contributed by atoms with van der Waals surface area (Å²) in [4.78, 5) is 12.3. The second kappa shape index (κ2) is 6.99. The normalized spacial score (nSPS) is 16.0. The molecule has 0 atom stereocenters. The average Bonchev–Trinajstić information content (AvgIpc) is 2.62. The van der Waals surface area contributed by atoms with E-state index in [-0.39, 0.29) is 10.6 Å². The molecule has 0 radical (unpaired) electrons. The van der Waals surface area contributed by atoms with Gasteiger partial charge in [0.1, 0.15) is 0 Å². The van der Waals surface area contributed by atoms with Gasteiger partial charge in [0.25, 0.3) is 5.69 Å². The summed E-state index contributed by atoms with van der Waals surface area (Å²) in [6.45, 7) is 1.77. The number of piperazine rings is 1. The first-order chi connectivity index (χ1) is 11.9. The molecule has 0 unspecified atom stereocenters. The van der Waals surface area contributed by atoms with Crippen LogP contribution in [0.1, 0.15) is 0 Å². The van der Waals surface area contributed by atoms with E-state index in [4.69, 9.17) is 11.6 Å². The third kappa shape index (κ3) is 3.76. The molecule has 2 aromatic carbocycles. The van der Waals surface area contributed by atoms with Gasteiger partial charge in [0.05, 0.1) is 9.82 Å². The maximum Gasteiger partial charge on any atom is 0.269 e. The van der Waals surface area contributed by atoms with E-state index in [9.17, 15) is 18.5 Å². The fourth-order valence-electron chi connectivity index (χ4n) is 2.75. The number of nitrogens with zero attached hydrogens (tertiary/aromatic N) is 3. The molecule has 0 spiro atoms. The SMILES string of the molecule is O=[N+]([O-])c1ccc(S(=O)(=O)N2CCN(c3cccc(Cl)c3)CC2)cc1. The highest BCUT2D eigenvalue weighted by Gasteiger charge is 2.29. The lowest BCUT2D eigenvalue weighted by Gasteiger charge is -2.35. The van der Waals surface area contributed by atoms with Crippen molar-refractivity contribution in [2.24, 2.45) is 0 Å². The van der Waals surface area contributed by atoms with Gasteiger partial charge in [0.2, 0.25) is 10.0 Å². The first-order valence-electron chi connectivity index (χ1n) is 7.63. The highest BCUT2D eigenvalue weighted by molar-refractivity contribution is 7.89. The van der Waals surface area contributed by atoms with Crippen molar-refractivity contribution in [1.82, 2.24) is 4.31 Å². The number of non-ortho nitro benzene ring substituents is 1. The molecule has 7 nitrogen and oxygen atoms in total. The van der Waals surface area contributed by atoms with E-state index in [1.807, 2.05) is 18.2 Å². The van der Waals surface area contributed by atoms with Crippen LogP contribution in [0.3, 0.4) is 0 Å². The van der Waals surface area contributed by atoms with Crippen molar-refractivity contribution in [1.29, 1.82) is 0 Å².